The van der Waals surface area contributed by atoms with Crippen molar-refractivity contribution in [3.05, 3.63) is 24.3 Å². The first-order valence-electron chi connectivity index (χ1n) is 4.79. The summed E-state index contributed by atoms with van der Waals surface area (Å²) in [5, 5.41) is 8.40. The summed E-state index contributed by atoms with van der Waals surface area (Å²) in [6.07, 6.45) is -0.425. The van der Waals surface area contributed by atoms with E-state index in [4.69, 9.17) is 9.84 Å². The van der Waals surface area contributed by atoms with E-state index in [2.05, 4.69) is 4.72 Å². The highest BCUT2D eigenvalue weighted by molar-refractivity contribution is 7.92. The first-order valence-corrected chi connectivity index (χ1v) is 6.44. The highest BCUT2D eigenvalue weighted by Gasteiger charge is 2.12. The summed E-state index contributed by atoms with van der Waals surface area (Å²) in [6.45, 7) is 0. The molecule has 0 radical (unpaired) electrons. The Labute approximate surface area is 99.3 Å². The quantitative estimate of drug-likeness (QED) is 0.792. The Morgan fingerprint density at radius 1 is 1.35 bits per heavy atom. The number of sulfonamides is 1. The molecule has 7 heteroatoms. The zero-order valence-corrected chi connectivity index (χ0v) is 10.0. The van der Waals surface area contributed by atoms with Crippen molar-refractivity contribution >= 4 is 21.7 Å². The molecule has 1 rings (SSSR count). The van der Waals surface area contributed by atoms with Crippen LogP contribution >= 0.6 is 0 Å². The van der Waals surface area contributed by atoms with Gasteiger partial charge in [0.15, 0.2) is 0 Å². The molecular weight excluding hydrogens is 246 g/mol. The van der Waals surface area contributed by atoms with Gasteiger partial charge in [0.1, 0.15) is 5.75 Å². The third kappa shape index (κ3) is 4.73. The smallest absolute Gasteiger partial charge is 0.304 e. The van der Waals surface area contributed by atoms with Gasteiger partial charge in [-0.2, -0.15) is 0 Å². The number of benzene rings is 1. The standard InChI is InChI=1S/C10H13NO5S/c1-16-9-4-2-8(3-5-9)11-17(14,15)7-6-10(12)13/h2-5,11H,6-7H2,1H3,(H,12,13). The molecule has 0 saturated heterocycles. The van der Waals surface area contributed by atoms with Crippen molar-refractivity contribution in [2.45, 2.75) is 6.42 Å². The molecule has 94 valence electrons. The van der Waals surface area contributed by atoms with E-state index < -0.39 is 28.2 Å². The lowest BCUT2D eigenvalue weighted by atomic mass is 10.3. The minimum Gasteiger partial charge on any atom is -0.497 e. The normalized spacial score (nSPS) is 10.9. The molecule has 6 nitrogen and oxygen atoms in total. The van der Waals surface area contributed by atoms with Crippen LogP contribution < -0.4 is 9.46 Å². The van der Waals surface area contributed by atoms with Crippen LogP contribution in [0.2, 0.25) is 0 Å². The van der Waals surface area contributed by atoms with Gasteiger partial charge in [-0.05, 0) is 24.3 Å². The molecule has 0 amide bonds. The molecular formula is C10H13NO5S. The average molecular weight is 259 g/mol. The van der Waals surface area contributed by atoms with Gasteiger partial charge < -0.3 is 9.84 Å². The molecule has 2 N–H and O–H groups in total. The fourth-order valence-corrected chi connectivity index (χ4v) is 2.15. The molecule has 0 aliphatic carbocycles. The molecule has 1 aromatic rings. The summed E-state index contributed by atoms with van der Waals surface area (Å²) in [5.41, 5.74) is 0.371. The van der Waals surface area contributed by atoms with Gasteiger partial charge in [-0.1, -0.05) is 0 Å². The van der Waals surface area contributed by atoms with E-state index in [-0.39, 0.29) is 0 Å². The molecule has 0 atom stereocenters. The Kier molecular flexibility index (Phi) is 4.33. The molecule has 17 heavy (non-hydrogen) atoms. The van der Waals surface area contributed by atoms with E-state index in [0.29, 0.717) is 11.4 Å². The van der Waals surface area contributed by atoms with Gasteiger partial charge in [-0.3, -0.25) is 9.52 Å². The summed E-state index contributed by atoms with van der Waals surface area (Å²) in [6, 6.07) is 6.29. The molecule has 0 fully saturated rings. The fraction of sp³-hybridized carbons (Fsp3) is 0.300. The van der Waals surface area contributed by atoms with E-state index in [0.717, 1.165) is 0 Å². The Morgan fingerprint density at radius 3 is 2.41 bits per heavy atom. The monoisotopic (exact) mass is 259 g/mol. The maximum Gasteiger partial charge on any atom is 0.304 e. The van der Waals surface area contributed by atoms with Gasteiger partial charge in [0, 0.05) is 5.69 Å². The zero-order chi connectivity index (χ0) is 12.9. The summed E-state index contributed by atoms with van der Waals surface area (Å²) >= 11 is 0. The van der Waals surface area contributed by atoms with Crippen LogP contribution in [0.5, 0.6) is 5.75 Å². The molecule has 0 unspecified atom stereocenters. The van der Waals surface area contributed by atoms with Crippen LogP contribution in [-0.2, 0) is 14.8 Å². The maximum absolute atomic E-state index is 11.5. The first-order chi connectivity index (χ1) is 7.93. The van der Waals surface area contributed by atoms with Crippen molar-refractivity contribution in [2.75, 3.05) is 17.6 Å². The Bertz CT molecular complexity index is 480. The van der Waals surface area contributed by atoms with Crippen LogP contribution in [0.4, 0.5) is 5.69 Å². The predicted molar refractivity (Wildman–Crippen MR) is 62.7 cm³/mol. The van der Waals surface area contributed by atoms with Crippen molar-refractivity contribution in [3.8, 4) is 5.75 Å². The highest BCUT2D eigenvalue weighted by Crippen LogP contribution is 2.16. The highest BCUT2D eigenvalue weighted by atomic mass is 32.2. The number of anilines is 1. The van der Waals surface area contributed by atoms with Crippen molar-refractivity contribution in [1.82, 2.24) is 0 Å². The molecule has 0 aromatic heterocycles. The van der Waals surface area contributed by atoms with Gasteiger partial charge in [-0.25, -0.2) is 8.42 Å². The van der Waals surface area contributed by atoms with Gasteiger partial charge in [-0.15, -0.1) is 0 Å². The second-order valence-electron chi connectivity index (χ2n) is 3.29. The minimum atomic E-state index is -3.62. The number of carboxylic acid groups (broad SMARTS) is 1. The van der Waals surface area contributed by atoms with E-state index in [1.165, 1.54) is 19.2 Å². The number of hydrogen-bond donors (Lipinski definition) is 2. The molecule has 0 aliphatic rings. The van der Waals surface area contributed by atoms with E-state index in [9.17, 15) is 13.2 Å². The van der Waals surface area contributed by atoms with Gasteiger partial charge >= 0.3 is 5.97 Å². The number of nitrogens with one attached hydrogen (secondary N) is 1. The summed E-state index contributed by atoms with van der Waals surface area (Å²) in [4.78, 5) is 10.3. The van der Waals surface area contributed by atoms with Crippen molar-refractivity contribution in [1.29, 1.82) is 0 Å². The van der Waals surface area contributed by atoms with Gasteiger partial charge in [0.25, 0.3) is 0 Å². The summed E-state index contributed by atoms with van der Waals surface area (Å²) in [7, 11) is -2.11. The predicted octanol–water partition coefficient (Wildman–Crippen LogP) is 0.912. The number of carboxylic acids is 1. The van der Waals surface area contributed by atoms with Crippen molar-refractivity contribution in [3.63, 3.8) is 0 Å². The second kappa shape index (κ2) is 5.53. The van der Waals surface area contributed by atoms with Crippen LogP contribution in [-0.4, -0.2) is 32.4 Å². The lowest BCUT2D eigenvalue weighted by molar-refractivity contribution is -0.136. The van der Waals surface area contributed by atoms with E-state index in [1.807, 2.05) is 0 Å². The number of aliphatic carboxylic acids is 1. The minimum absolute atomic E-state index is 0.371. The second-order valence-corrected chi connectivity index (χ2v) is 5.14. The topological polar surface area (TPSA) is 92.7 Å². The number of carbonyl (C=O) groups is 1. The Balaban J connectivity index is 2.66. The third-order valence-corrected chi connectivity index (χ3v) is 3.24. The van der Waals surface area contributed by atoms with E-state index in [1.54, 1.807) is 12.1 Å². The van der Waals surface area contributed by atoms with Crippen molar-refractivity contribution in [2.24, 2.45) is 0 Å². The lowest BCUT2D eigenvalue weighted by Gasteiger charge is -2.07. The van der Waals surface area contributed by atoms with Crippen LogP contribution in [0.1, 0.15) is 6.42 Å². The summed E-state index contributed by atoms with van der Waals surface area (Å²) in [5.74, 6) is -0.988. The van der Waals surface area contributed by atoms with Gasteiger partial charge in [0.2, 0.25) is 10.0 Å². The molecule has 0 saturated carbocycles. The number of ether oxygens (including phenoxy) is 1. The molecule has 0 spiro atoms. The van der Waals surface area contributed by atoms with Crippen LogP contribution in [0.15, 0.2) is 24.3 Å². The average Bonchev–Trinajstić information content (AvgIpc) is 2.27. The van der Waals surface area contributed by atoms with Crippen LogP contribution in [0.3, 0.4) is 0 Å². The lowest BCUT2D eigenvalue weighted by Crippen LogP contribution is -2.18. The maximum atomic E-state index is 11.5. The van der Waals surface area contributed by atoms with Crippen LogP contribution in [0.25, 0.3) is 0 Å². The largest absolute Gasteiger partial charge is 0.497 e. The van der Waals surface area contributed by atoms with Crippen molar-refractivity contribution < 1.29 is 23.1 Å². The zero-order valence-electron chi connectivity index (χ0n) is 9.21. The molecule has 0 heterocycles. The van der Waals surface area contributed by atoms with Crippen LogP contribution in [0, 0.1) is 0 Å². The molecule has 1 aromatic carbocycles. The van der Waals surface area contributed by atoms with E-state index >= 15 is 0 Å². The fourth-order valence-electron chi connectivity index (χ4n) is 1.11. The Morgan fingerprint density at radius 2 is 1.94 bits per heavy atom. The van der Waals surface area contributed by atoms with Gasteiger partial charge in [0.05, 0.1) is 19.3 Å². The molecule has 0 aliphatic heterocycles. The number of hydrogen-bond acceptors (Lipinski definition) is 4. The third-order valence-electron chi connectivity index (χ3n) is 1.95. The number of methoxy groups -OCH3 is 1. The number of rotatable bonds is 6. The Hall–Kier alpha value is -1.76. The first kappa shape index (κ1) is 13.3. The molecule has 0 bridgehead atoms. The summed E-state index contributed by atoms with van der Waals surface area (Å²) < 4.78 is 30.1. The SMILES string of the molecule is COc1ccc(NS(=O)(=O)CCC(=O)O)cc1.